The standard InChI is InChI=1S/C14H17Cl2N3O2/c1-13(2,14(3,20)7-19-9-17-8-18-19)21-12-5-4-10(15)6-11(12)16/h4-6,8-9,20H,7H2,1-3H3. The summed E-state index contributed by atoms with van der Waals surface area (Å²) in [6.45, 7) is 5.49. The van der Waals surface area contributed by atoms with Crippen LogP contribution in [0, 0.1) is 0 Å². The van der Waals surface area contributed by atoms with Gasteiger partial charge in [0.05, 0.1) is 11.6 Å². The lowest BCUT2D eigenvalue weighted by Gasteiger charge is -2.40. The third-order valence-electron chi connectivity index (χ3n) is 3.49. The second-order valence-corrected chi connectivity index (χ2v) is 6.40. The summed E-state index contributed by atoms with van der Waals surface area (Å²) in [5, 5.41) is 15.7. The summed E-state index contributed by atoms with van der Waals surface area (Å²) in [6, 6.07) is 4.96. The lowest BCUT2D eigenvalue weighted by atomic mass is 9.87. The summed E-state index contributed by atoms with van der Waals surface area (Å²) in [5.74, 6) is 0.463. The van der Waals surface area contributed by atoms with Gasteiger partial charge < -0.3 is 9.84 Å². The molecule has 1 heterocycles. The molecule has 114 valence electrons. The van der Waals surface area contributed by atoms with Gasteiger partial charge in [0.2, 0.25) is 0 Å². The zero-order valence-corrected chi connectivity index (χ0v) is 13.6. The van der Waals surface area contributed by atoms with Crippen molar-refractivity contribution in [3.05, 3.63) is 40.9 Å². The van der Waals surface area contributed by atoms with E-state index in [0.717, 1.165) is 0 Å². The Balaban J connectivity index is 2.19. The van der Waals surface area contributed by atoms with Crippen molar-refractivity contribution in [3.8, 4) is 5.75 Å². The molecule has 0 spiro atoms. The van der Waals surface area contributed by atoms with Crippen molar-refractivity contribution in [2.75, 3.05) is 0 Å². The van der Waals surface area contributed by atoms with Crippen LogP contribution in [0.4, 0.5) is 0 Å². The van der Waals surface area contributed by atoms with Crippen LogP contribution in [0.5, 0.6) is 5.75 Å². The molecule has 2 aromatic rings. The highest BCUT2D eigenvalue weighted by Gasteiger charge is 2.42. The van der Waals surface area contributed by atoms with Crippen LogP contribution >= 0.6 is 23.2 Å². The minimum absolute atomic E-state index is 0.241. The van der Waals surface area contributed by atoms with E-state index in [4.69, 9.17) is 27.9 Å². The summed E-state index contributed by atoms with van der Waals surface area (Å²) in [7, 11) is 0. The van der Waals surface area contributed by atoms with Gasteiger partial charge in [-0.15, -0.1) is 0 Å². The number of hydrogen-bond acceptors (Lipinski definition) is 4. The van der Waals surface area contributed by atoms with Gasteiger partial charge in [-0.3, -0.25) is 0 Å². The molecule has 1 aromatic carbocycles. The van der Waals surface area contributed by atoms with Gasteiger partial charge in [-0.2, -0.15) is 5.10 Å². The molecule has 0 amide bonds. The average Bonchev–Trinajstić information content (AvgIpc) is 2.84. The predicted molar refractivity (Wildman–Crippen MR) is 81.8 cm³/mol. The third kappa shape index (κ3) is 3.67. The van der Waals surface area contributed by atoms with Gasteiger partial charge in [-0.05, 0) is 39.0 Å². The van der Waals surface area contributed by atoms with Crippen molar-refractivity contribution in [3.63, 3.8) is 0 Å². The lowest BCUT2D eigenvalue weighted by Crippen LogP contribution is -2.54. The first-order valence-corrected chi connectivity index (χ1v) is 7.16. The Morgan fingerprint density at radius 1 is 1.29 bits per heavy atom. The van der Waals surface area contributed by atoms with Crippen molar-refractivity contribution in [1.82, 2.24) is 14.8 Å². The van der Waals surface area contributed by atoms with Gasteiger partial charge in [-0.25, -0.2) is 9.67 Å². The largest absolute Gasteiger partial charge is 0.483 e. The molecule has 7 heteroatoms. The molecule has 0 radical (unpaired) electrons. The molecule has 0 aliphatic heterocycles. The zero-order valence-electron chi connectivity index (χ0n) is 12.0. The molecule has 1 N–H and O–H groups in total. The first-order chi connectivity index (χ1) is 9.71. The van der Waals surface area contributed by atoms with E-state index in [1.54, 1.807) is 50.0 Å². The van der Waals surface area contributed by atoms with Crippen LogP contribution in [-0.2, 0) is 6.54 Å². The van der Waals surface area contributed by atoms with E-state index in [1.807, 2.05) is 0 Å². The molecule has 0 fully saturated rings. The van der Waals surface area contributed by atoms with Gasteiger partial charge in [0.25, 0.3) is 0 Å². The normalized spacial score (nSPS) is 14.8. The number of halogens is 2. The van der Waals surface area contributed by atoms with E-state index >= 15 is 0 Å². The Kier molecular flexibility index (Phi) is 4.46. The lowest BCUT2D eigenvalue weighted by molar-refractivity contribution is -0.114. The monoisotopic (exact) mass is 329 g/mol. The summed E-state index contributed by atoms with van der Waals surface area (Å²) >= 11 is 12.0. The average molecular weight is 330 g/mol. The highest BCUT2D eigenvalue weighted by atomic mass is 35.5. The van der Waals surface area contributed by atoms with Gasteiger partial charge in [0.15, 0.2) is 0 Å². The van der Waals surface area contributed by atoms with Gasteiger partial charge in [0, 0.05) is 5.02 Å². The first-order valence-electron chi connectivity index (χ1n) is 6.40. The molecule has 0 saturated carbocycles. The third-order valence-corrected chi connectivity index (χ3v) is 4.02. The van der Waals surface area contributed by atoms with E-state index < -0.39 is 11.2 Å². The molecule has 1 unspecified atom stereocenters. The molecule has 5 nitrogen and oxygen atoms in total. The number of benzene rings is 1. The molecular formula is C14H17Cl2N3O2. The topological polar surface area (TPSA) is 60.2 Å². The highest BCUT2D eigenvalue weighted by molar-refractivity contribution is 6.35. The SMILES string of the molecule is CC(O)(Cn1cncn1)C(C)(C)Oc1ccc(Cl)cc1Cl. The van der Waals surface area contributed by atoms with Crippen LogP contribution < -0.4 is 4.74 Å². The van der Waals surface area contributed by atoms with Crippen LogP contribution in [0.1, 0.15) is 20.8 Å². The Morgan fingerprint density at radius 2 is 2.00 bits per heavy atom. The van der Waals surface area contributed by atoms with Gasteiger partial charge in [-0.1, -0.05) is 23.2 Å². The maximum atomic E-state index is 10.7. The molecule has 0 aliphatic rings. The molecule has 1 atom stereocenters. The number of nitrogens with zero attached hydrogens (tertiary/aromatic N) is 3. The number of rotatable bonds is 5. The molecular weight excluding hydrogens is 313 g/mol. The second kappa shape index (κ2) is 5.83. The number of hydrogen-bond donors (Lipinski definition) is 1. The van der Waals surface area contributed by atoms with Crippen LogP contribution in [0.3, 0.4) is 0 Å². The Morgan fingerprint density at radius 3 is 2.57 bits per heavy atom. The second-order valence-electron chi connectivity index (χ2n) is 5.55. The summed E-state index contributed by atoms with van der Waals surface area (Å²) in [6.07, 6.45) is 2.96. The van der Waals surface area contributed by atoms with E-state index in [-0.39, 0.29) is 6.54 Å². The predicted octanol–water partition coefficient (Wildman–Crippen LogP) is 3.19. The molecule has 0 bridgehead atoms. The summed E-state index contributed by atoms with van der Waals surface area (Å²) in [4.78, 5) is 3.86. The van der Waals surface area contributed by atoms with Crippen LogP contribution in [0.2, 0.25) is 10.0 Å². The van der Waals surface area contributed by atoms with Crippen molar-refractivity contribution < 1.29 is 9.84 Å². The van der Waals surface area contributed by atoms with Gasteiger partial charge in [0.1, 0.15) is 29.6 Å². The van der Waals surface area contributed by atoms with E-state index in [2.05, 4.69) is 10.1 Å². The molecule has 21 heavy (non-hydrogen) atoms. The number of ether oxygens (including phenoxy) is 1. The Labute approximate surface area is 133 Å². The van der Waals surface area contributed by atoms with Crippen molar-refractivity contribution in [1.29, 1.82) is 0 Å². The molecule has 0 aliphatic carbocycles. The zero-order chi connectivity index (χ0) is 15.7. The summed E-state index contributed by atoms with van der Waals surface area (Å²) < 4.78 is 7.45. The van der Waals surface area contributed by atoms with Crippen molar-refractivity contribution >= 4 is 23.2 Å². The van der Waals surface area contributed by atoms with Gasteiger partial charge >= 0.3 is 0 Å². The minimum Gasteiger partial charge on any atom is -0.483 e. The smallest absolute Gasteiger partial charge is 0.138 e. The highest BCUT2D eigenvalue weighted by Crippen LogP contribution is 2.34. The summed E-state index contributed by atoms with van der Waals surface area (Å²) in [5.41, 5.74) is -2.10. The van der Waals surface area contributed by atoms with Crippen LogP contribution in [-0.4, -0.2) is 31.1 Å². The van der Waals surface area contributed by atoms with E-state index in [1.165, 1.54) is 6.33 Å². The Hall–Kier alpha value is -1.30. The van der Waals surface area contributed by atoms with Crippen LogP contribution in [0.15, 0.2) is 30.9 Å². The Bertz CT molecular complexity index is 613. The maximum absolute atomic E-state index is 10.7. The molecule has 0 saturated heterocycles. The quantitative estimate of drug-likeness (QED) is 0.915. The first kappa shape index (κ1) is 16.1. The van der Waals surface area contributed by atoms with Crippen molar-refractivity contribution in [2.24, 2.45) is 0 Å². The van der Waals surface area contributed by atoms with Crippen LogP contribution in [0.25, 0.3) is 0 Å². The molecule has 1 aromatic heterocycles. The minimum atomic E-state index is -1.19. The van der Waals surface area contributed by atoms with Crippen molar-refractivity contribution in [2.45, 2.75) is 38.5 Å². The fraction of sp³-hybridized carbons (Fsp3) is 0.429. The fourth-order valence-electron chi connectivity index (χ4n) is 1.76. The number of aliphatic hydroxyl groups is 1. The van der Waals surface area contributed by atoms with E-state index in [9.17, 15) is 5.11 Å². The fourth-order valence-corrected chi connectivity index (χ4v) is 2.21. The number of aromatic nitrogens is 3. The van der Waals surface area contributed by atoms with E-state index in [0.29, 0.717) is 15.8 Å². The maximum Gasteiger partial charge on any atom is 0.138 e. The molecule has 2 rings (SSSR count).